The van der Waals surface area contributed by atoms with Crippen LogP contribution >= 0.6 is 0 Å². The Bertz CT molecular complexity index is 435. The third kappa shape index (κ3) is 1.37. The minimum Gasteiger partial charge on any atom is -0.427 e. The average Bonchev–Trinajstić information content (AvgIpc) is 2.32. The summed E-state index contributed by atoms with van der Waals surface area (Å²) in [5, 5.41) is 17.5. The quantitative estimate of drug-likeness (QED) is 0.549. The maximum absolute atomic E-state index is 13.0. The second-order valence-corrected chi connectivity index (χ2v) is 3.32. The van der Waals surface area contributed by atoms with Crippen LogP contribution in [0, 0.1) is 0 Å². The predicted octanol–water partition coefficient (Wildman–Crippen LogP) is 0.443. The Hall–Kier alpha value is -1.28. The van der Waals surface area contributed by atoms with Crippen LogP contribution in [0.25, 0.3) is 0 Å². The Balaban J connectivity index is 2.52. The fraction of sp³-hybridized carbons (Fsp3) is 0.250. The normalized spacial score (nSPS) is 20.1. The van der Waals surface area contributed by atoms with Gasteiger partial charge in [-0.15, -0.1) is 0 Å². The third-order valence-electron chi connectivity index (χ3n) is 2.25. The predicted molar refractivity (Wildman–Crippen MR) is 45.7 cm³/mol. The molecule has 1 heterocycles. The van der Waals surface area contributed by atoms with Crippen LogP contribution in [0.3, 0.4) is 0 Å². The summed E-state index contributed by atoms with van der Waals surface area (Å²) < 4.78 is 55.4. The Labute approximate surface area is 87.4 Å². The van der Waals surface area contributed by atoms with Crippen LogP contribution in [-0.4, -0.2) is 23.3 Å². The molecule has 8 heteroatoms. The zero-order valence-electron chi connectivity index (χ0n) is 7.62. The van der Waals surface area contributed by atoms with Crippen molar-refractivity contribution in [3.63, 3.8) is 0 Å². The molecule has 0 spiro atoms. The Morgan fingerprint density at radius 1 is 1.12 bits per heavy atom. The summed E-state index contributed by atoms with van der Waals surface area (Å²) in [6, 6.07) is 2.35. The maximum Gasteiger partial charge on any atom is 0.488 e. The van der Waals surface area contributed by atoms with Gasteiger partial charge in [-0.05, 0) is 17.6 Å². The number of hydrogen-bond donors (Lipinski definition) is 2. The topological polar surface area (TPSA) is 49.7 Å². The summed E-state index contributed by atoms with van der Waals surface area (Å²) in [5.74, 6) is -5.16. The standard InChI is InChI=1S/C8H5BF4O3/c10-7(11)5-2-1-4(9(14)15)3-6(5)16-8(7,12)13/h1-3,14-15H. The van der Waals surface area contributed by atoms with Gasteiger partial charge in [0, 0.05) is 0 Å². The van der Waals surface area contributed by atoms with Crippen molar-refractivity contribution in [2.24, 2.45) is 0 Å². The average molecular weight is 236 g/mol. The van der Waals surface area contributed by atoms with Crippen LogP contribution in [0.1, 0.15) is 5.56 Å². The molecule has 0 saturated heterocycles. The molecule has 0 unspecified atom stereocenters. The zero-order chi connectivity index (χ0) is 12.1. The molecule has 0 fully saturated rings. The highest BCUT2D eigenvalue weighted by Gasteiger charge is 2.66. The summed E-state index contributed by atoms with van der Waals surface area (Å²) in [7, 11) is -1.93. The lowest BCUT2D eigenvalue weighted by atomic mass is 9.79. The molecular weight excluding hydrogens is 231 g/mol. The minimum absolute atomic E-state index is 0.202. The lowest BCUT2D eigenvalue weighted by molar-refractivity contribution is -0.296. The van der Waals surface area contributed by atoms with Crippen molar-refractivity contribution in [1.82, 2.24) is 0 Å². The summed E-state index contributed by atoms with van der Waals surface area (Å²) in [6.45, 7) is 0. The number of fused-ring (bicyclic) bond motifs is 1. The summed E-state index contributed by atoms with van der Waals surface area (Å²) >= 11 is 0. The Morgan fingerprint density at radius 2 is 1.75 bits per heavy atom. The molecule has 1 aliphatic heterocycles. The molecule has 16 heavy (non-hydrogen) atoms. The number of rotatable bonds is 1. The number of halogens is 4. The molecule has 0 aliphatic carbocycles. The second kappa shape index (κ2) is 3.11. The van der Waals surface area contributed by atoms with Crippen LogP contribution in [0.5, 0.6) is 5.75 Å². The van der Waals surface area contributed by atoms with E-state index in [1.165, 1.54) is 0 Å². The van der Waals surface area contributed by atoms with Crippen molar-refractivity contribution in [2.45, 2.75) is 12.0 Å². The van der Waals surface area contributed by atoms with Crippen molar-refractivity contribution >= 4 is 12.6 Å². The molecule has 2 N–H and O–H groups in total. The van der Waals surface area contributed by atoms with E-state index in [1.54, 1.807) is 0 Å². The van der Waals surface area contributed by atoms with E-state index < -0.39 is 30.5 Å². The molecular formula is C8H5BF4O3. The molecule has 0 saturated carbocycles. The first-order valence-electron chi connectivity index (χ1n) is 4.21. The molecule has 0 amide bonds. The zero-order valence-corrected chi connectivity index (χ0v) is 7.62. The molecule has 0 bridgehead atoms. The van der Waals surface area contributed by atoms with E-state index in [9.17, 15) is 17.6 Å². The Kier molecular flexibility index (Phi) is 2.18. The van der Waals surface area contributed by atoms with E-state index >= 15 is 0 Å². The van der Waals surface area contributed by atoms with Crippen LogP contribution in [0.15, 0.2) is 18.2 Å². The highest BCUT2D eigenvalue weighted by molar-refractivity contribution is 6.58. The molecule has 1 aromatic carbocycles. The molecule has 2 rings (SSSR count). The van der Waals surface area contributed by atoms with E-state index in [2.05, 4.69) is 4.74 Å². The molecule has 0 aromatic heterocycles. The minimum atomic E-state index is -4.62. The first-order valence-corrected chi connectivity index (χ1v) is 4.21. The Morgan fingerprint density at radius 3 is 2.31 bits per heavy atom. The first-order chi connectivity index (χ1) is 7.25. The SMILES string of the molecule is OB(O)c1ccc2c(c1)OC(F)(F)C2(F)F. The van der Waals surface area contributed by atoms with Gasteiger partial charge < -0.3 is 14.8 Å². The molecule has 3 nitrogen and oxygen atoms in total. The monoisotopic (exact) mass is 236 g/mol. The smallest absolute Gasteiger partial charge is 0.427 e. The van der Waals surface area contributed by atoms with Gasteiger partial charge in [0.15, 0.2) is 0 Å². The van der Waals surface area contributed by atoms with Gasteiger partial charge in [-0.1, -0.05) is 6.07 Å². The van der Waals surface area contributed by atoms with E-state index in [0.717, 1.165) is 12.1 Å². The number of ether oxygens (including phenoxy) is 1. The van der Waals surface area contributed by atoms with Crippen molar-refractivity contribution in [2.75, 3.05) is 0 Å². The van der Waals surface area contributed by atoms with E-state index in [4.69, 9.17) is 10.0 Å². The van der Waals surface area contributed by atoms with Crippen molar-refractivity contribution in [1.29, 1.82) is 0 Å². The van der Waals surface area contributed by atoms with Gasteiger partial charge in [0.25, 0.3) is 0 Å². The fourth-order valence-corrected chi connectivity index (χ4v) is 1.40. The number of benzene rings is 1. The van der Waals surface area contributed by atoms with E-state index in [1.807, 2.05) is 0 Å². The largest absolute Gasteiger partial charge is 0.488 e. The van der Waals surface area contributed by atoms with Crippen LogP contribution in [-0.2, 0) is 5.92 Å². The van der Waals surface area contributed by atoms with E-state index in [0.29, 0.717) is 6.07 Å². The fourth-order valence-electron chi connectivity index (χ4n) is 1.40. The summed E-state index contributed by atoms with van der Waals surface area (Å²) in [6.07, 6.45) is -4.62. The van der Waals surface area contributed by atoms with Crippen LogP contribution in [0.2, 0.25) is 0 Å². The van der Waals surface area contributed by atoms with Crippen LogP contribution < -0.4 is 10.2 Å². The highest BCUT2D eigenvalue weighted by atomic mass is 19.3. The lowest BCUT2D eigenvalue weighted by Gasteiger charge is -2.15. The summed E-state index contributed by atoms with van der Waals surface area (Å²) in [5.41, 5.74) is -1.17. The van der Waals surface area contributed by atoms with E-state index in [-0.39, 0.29) is 5.46 Å². The van der Waals surface area contributed by atoms with Crippen molar-refractivity contribution in [3.8, 4) is 5.75 Å². The summed E-state index contributed by atoms with van der Waals surface area (Å²) in [4.78, 5) is 0. The van der Waals surface area contributed by atoms with Gasteiger partial charge in [-0.25, -0.2) is 0 Å². The van der Waals surface area contributed by atoms with Gasteiger partial charge >= 0.3 is 19.1 Å². The molecule has 86 valence electrons. The lowest BCUT2D eigenvalue weighted by Crippen LogP contribution is -2.36. The van der Waals surface area contributed by atoms with Gasteiger partial charge in [0.1, 0.15) is 5.75 Å². The first kappa shape index (κ1) is 11.2. The van der Waals surface area contributed by atoms with Gasteiger partial charge in [-0.3, -0.25) is 0 Å². The molecule has 0 atom stereocenters. The second-order valence-electron chi connectivity index (χ2n) is 3.32. The molecule has 1 aromatic rings. The number of hydrogen-bond acceptors (Lipinski definition) is 3. The van der Waals surface area contributed by atoms with Crippen molar-refractivity contribution < 1.29 is 32.3 Å². The number of alkyl halides is 4. The van der Waals surface area contributed by atoms with Gasteiger partial charge in [0.2, 0.25) is 0 Å². The van der Waals surface area contributed by atoms with Gasteiger partial charge in [0.05, 0.1) is 5.56 Å². The van der Waals surface area contributed by atoms with Crippen molar-refractivity contribution in [3.05, 3.63) is 23.8 Å². The maximum atomic E-state index is 13.0. The molecule has 1 aliphatic rings. The van der Waals surface area contributed by atoms with Gasteiger partial charge in [-0.2, -0.15) is 17.6 Å². The third-order valence-corrected chi connectivity index (χ3v) is 2.25. The highest BCUT2D eigenvalue weighted by Crippen LogP contribution is 2.52. The van der Waals surface area contributed by atoms with Crippen LogP contribution in [0.4, 0.5) is 17.6 Å². The molecule has 0 radical (unpaired) electrons.